The van der Waals surface area contributed by atoms with Crippen LogP contribution in [0.25, 0.3) is 0 Å². The maximum Gasteiger partial charge on any atom is 0.0683 e. The van der Waals surface area contributed by atoms with Gasteiger partial charge in [-0.2, -0.15) is 5.26 Å². The molecule has 0 aromatic heterocycles. The fourth-order valence-electron chi connectivity index (χ4n) is 1.87. The summed E-state index contributed by atoms with van der Waals surface area (Å²) in [5.74, 6) is 0. The predicted octanol–water partition coefficient (Wildman–Crippen LogP) is 4.27. The molecule has 0 aliphatic heterocycles. The van der Waals surface area contributed by atoms with Crippen LogP contribution in [0.2, 0.25) is 0 Å². The smallest absolute Gasteiger partial charge is 0.0683 e. The van der Waals surface area contributed by atoms with Crippen LogP contribution < -0.4 is 5.32 Å². The summed E-state index contributed by atoms with van der Waals surface area (Å²) >= 11 is 0. The number of hydrogen-bond donors (Lipinski definition) is 1. The van der Waals surface area contributed by atoms with Gasteiger partial charge in [-0.05, 0) is 46.2 Å². The van der Waals surface area contributed by atoms with Crippen LogP contribution in [0.3, 0.4) is 0 Å². The van der Waals surface area contributed by atoms with Gasteiger partial charge in [0.05, 0.1) is 11.5 Å². The Morgan fingerprint density at radius 1 is 0.941 bits per heavy atom. The third-order valence-electron chi connectivity index (χ3n) is 3.17. The molecule has 0 aliphatic carbocycles. The first-order valence-corrected chi connectivity index (χ1v) is 7.24. The summed E-state index contributed by atoms with van der Waals surface area (Å²) in [5.41, 5.74) is -0.151. The fourth-order valence-corrected chi connectivity index (χ4v) is 1.87. The van der Waals surface area contributed by atoms with Crippen LogP contribution >= 0.6 is 0 Å². The van der Waals surface area contributed by atoms with Gasteiger partial charge in [-0.1, -0.05) is 39.0 Å². The largest absolute Gasteiger partial charge is 0.317 e. The first kappa shape index (κ1) is 16.4. The molecule has 0 spiro atoms. The molecule has 0 amide bonds. The molecule has 2 heteroatoms. The molecule has 100 valence electrons. The minimum absolute atomic E-state index is 0.151. The zero-order valence-electron chi connectivity index (χ0n) is 12.0. The van der Waals surface area contributed by atoms with Crippen molar-refractivity contribution in [2.45, 2.75) is 72.1 Å². The summed E-state index contributed by atoms with van der Waals surface area (Å²) in [6.07, 6.45) is 10.2. The van der Waals surface area contributed by atoms with Crippen molar-refractivity contribution < 1.29 is 0 Å². The second-order valence-electron chi connectivity index (χ2n) is 5.62. The van der Waals surface area contributed by atoms with Gasteiger partial charge in [-0.15, -0.1) is 0 Å². The molecule has 0 saturated heterocycles. The molecule has 0 atom stereocenters. The van der Waals surface area contributed by atoms with Gasteiger partial charge in [-0.3, -0.25) is 0 Å². The number of nitrogens with one attached hydrogen (secondary N) is 1. The van der Waals surface area contributed by atoms with E-state index in [1.54, 1.807) is 0 Å². The van der Waals surface area contributed by atoms with Gasteiger partial charge in [-0.25, -0.2) is 0 Å². The van der Waals surface area contributed by atoms with E-state index in [-0.39, 0.29) is 5.41 Å². The van der Waals surface area contributed by atoms with Crippen molar-refractivity contribution in [3.63, 3.8) is 0 Å². The van der Waals surface area contributed by atoms with Crippen LogP contribution in [0.1, 0.15) is 72.1 Å². The molecule has 0 aromatic rings. The SMILES string of the molecule is CCCCCCCCNCCCC(C)(C)C#N. The van der Waals surface area contributed by atoms with Crippen molar-refractivity contribution >= 4 is 0 Å². The molecule has 0 aromatic carbocycles. The van der Waals surface area contributed by atoms with E-state index in [1.165, 1.54) is 38.5 Å². The van der Waals surface area contributed by atoms with E-state index < -0.39 is 0 Å². The van der Waals surface area contributed by atoms with E-state index in [9.17, 15) is 0 Å². The summed E-state index contributed by atoms with van der Waals surface area (Å²) in [7, 11) is 0. The molecule has 2 nitrogen and oxygen atoms in total. The highest BCUT2D eigenvalue weighted by atomic mass is 14.8. The molecular weight excluding hydrogens is 208 g/mol. The lowest BCUT2D eigenvalue weighted by molar-refractivity contribution is 0.424. The summed E-state index contributed by atoms with van der Waals surface area (Å²) < 4.78 is 0. The fraction of sp³-hybridized carbons (Fsp3) is 0.933. The van der Waals surface area contributed by atoms with Crippen LogP contribution in [0, 0.1) is 16.7 Å². The van der Waals surface area contributed by atoms with Crippen molar-refractivity contribution in [2.24, 2.45) is 5.41 Å². The Morgan fingerprint density at radius 3 is 2.18 bits per heavy atom. The molecule has 0 saturated carbocycles. The Bertz CT molecular complexity index is 203. The van der Waals surface area contributed by atoms with Gasteiger partial charge in [0.2, 0.25) is 0 Å². The maximum absolute atomic E-state index is 8.87. The van der Waals surface area contributed by atoms with Crippen molar-refractivity contribution in [3.8, 4) is 6.07 Å². The van der Waals surface area contributed by atoms with Crippen LogP contribution in [0.5, 0.6) is 0 Å². The van der Waals surface area contributed by atoms with Crippen LogP contribution in [0.15, 0.2) is 0 Å². The molecule has 0 rings (SSSR count). The average Bonchev–Trinajstić information content (AvgIpc) is 2.31. The van der Waals surface area contributed by atoms with Gasteiger partial charge in [0.25, 0.3) is 0 Å². The summed E-state index contributed by atoms with van der Waals surface area (Å²) in [4.78, 5) is 0. The Morgan fingerprint density at radius 2 is 1.53 bits per heavy atom. The third-order valence-corrected chi connectivity index (χ3v) is 3.17. The van der Waals surface area contributed by atoms with Gasteiger partial charge < -0.3 is 5.32 Å². The molecule has 0 heterocycles. The van der Waals surface area contributed by atoms with E-state index in [2.05, 4.69) is 18.3 Å². The second-order valence-corrected chi connectivity index (χ2v) is 5.62. The highest BCUT2D eigenvalue weighted by molar-refractivity contribution is 4.91. The third kappa shape index (κ3) is 11.7. The van der Waals surface area contributed by atoms with Crippen LogP contribution in [-0.4, -0.2) is 13.1 Å². The van der Waals surface area contributed by atoms with E-state index in [0.717, 1.165) is 25.9 Å². The highest BCUT2D eigenvalue weighted by Crippen LogP contribution is 2.19. The lowest BCUT2D eigenvalue weighted by Crippen LogP contribution is -2.19. The molecular formula is C15H30N2. The van der Waals surface area contributed by atoms with Crippen molar-refractivity contribution in [1.29, 1.82) is 5.26 Å². The Labute approximate surface area is 108 Å². The standard InChI is InChI=1S/C15H30N2/c1-4-5-6-7-8-9-12-17-13-10-11-15(2,3)14-16/h17H,4-13H2,1-3H3. The van der Waals surface area contributed by atoms with Gasteiger partial charge in [0.1, 0.15) is 0 Å². The van der Waals surface area contributed by atoms with E-state index in [1.807, 2.05) is 13.8 Å². The van der Waals surface area contributed by atoms with Crippen molar-refractivity contribution in [2.75, 3.05) is 13.1 Å². The van der Waals surface area contributed by atoms with Gasteiger partial charge in [0, 0.05) is 0 Å². The quantitative estimate of drug-likeness (QED) is 0.546. The molecule has 0 bridgehead atoms. The number of rotatable bonds is 11. The molecule has 0 aliphatic rings. The van der Waals surface area contributed by atoms with Crippen LogP contribution in [-0.2, 0) is 0 Å². The van der Waals surface area contributed by atoms with E-state index in [0.29, 0.717) is 0 Å². The zero-order chi connectivity index (χ0) is 13.0. The minimum atomic E-state index is -0.151. The summed E-state index contributed by atoms with van der Waals surface area (Å²) in [6.45, 7) is 8.48. The van der Waals surface area contributed by atoms with E-state index >= 15 is 0 Å². The lowest BCUT2D eigenvalue weighted by Gasteiger charge is -2.14. The maximum atomic E-state index is 8.87. The van der Waals surface area contributed by atoms with Crippen LogP contribution in [0.4, 0.5) is 0 Å². The number of nitrogens with zero attached hydrogens (tertiary/aromatic N) is 1. The monoisotopic (exact) mass is 238 g/mol. The minimum Gasteiger partial charge on any atom is -0.317 e. The second kappa shape index (κ2) is 10.6. The Balaban J connectivity index is 3.12. The number of unbranched alkanes of at least 4 members (excludes halogenated alkanes) is 5. The summed E-state index contributed by atoms with van der Waals surface area (Å²) in [6, 6.07) is 2.34. The molecule has 0 radical (unpaired) electrons. The Hall–Kier alpha value is -0.550. The predicted molar refractivity (Wildman–Crippen MR) is 74.9 cm³/mol. The zero-order valence-corrected chi connectivity index (χ0v) is 12.0. The highest BCUT2D eigenvalue weighted by Gasteiger charge is 2.14. The first-order valence-electron chi connectivity index (χ1n) is 7.24. The lowest BCUT2D eigenvalue weighted by atomic mass is 9.90. The van der Waals surface area contributed by atoms with Crippen molar-refractivity contribution in [1.82, 2.24) is 5.32 Å². The topological polar surface area (TPSA) is 35.8 Å². The van der Waals surface area contributed by atoms with Gasteiger partial charge in [0.15, 0.2) is 0 Å². The van der Waals surface area contributed by atoms with Gasteiger partial charge >= 0.3 is 0 Å². The van der Waals surface area contributed by atoms with E-state index in [4.69, 9.17) is 5.26 Å². The molecule has 0 fully saturated rings. The molecule has 0 unspecified atom stereocenters. The first-order chi connectivity index (χ1) is 8.12. The van der Waals surface area contributed by atoms with Crippen molar-refractivity contribution in [3.05, 3.63) is 0 Å². The summed E-state index contributed by atoms with van der Waals surface area (Å²) in [5, 5.41) is 12.3. The normalized spacial score (nSPS) is 11.4. The average molecular weight is 238 g/mol. The number of hydrogen-bond acceptors (Lipinski definition) is 2. The molecule has 1 N–H and O–H groups in total. The molecule has 17 heavy (non-hydrogen) atoms. The number of nitriles is 1. The Kier molecular flexibility index (Phi) is 10.3.